The number of para-hydroxylation sites is 1. The van der Waals surface area contributed by atoms with Gasteiger partial charge in [0.1, 0.15) is 17.2 Å². The standard InChI is InChI=1S/C20H21NO4/c1-3-24-17-10-12-18(13-11-17)25-15-20(22)21-14-6-8-16-7-4-5-9-19(16)23-2/h4-5,7,9-13H,3,14-15H2,1-2H3,(H,21,22). The van der Waals surface area contributed by atoms with Crippen LogP contribution in [0.3, 0.4) is 0 Å². The fourth-order valence-corrected chi connectivity index (χ4v) is 2.03. The van der Waals surface area contributed by atoms with E-state index in [0.717, 1.165) is 11.3 Å². The first-order valence-electron chi connectivity index (χ1n) is 7.97. The molecule has 0 aliphatic carbocycles. The van der Waals surface area contributed by atoms with Crippen LogP contribution in [-0.2, 0) is 4.79 Å². The summed E-state index contributed by atoms with van der Waals surface area (Å²) in [5.41, 5.74) is 0.782. The fraction of sp³-hybridized carbons (Fsp3) is 0.250. The summed E-state index contributed by atoms with van der Waals surface area (Å²) < 4.78 is 16.0. The second kappa shape index (κ2) is 9.89. The van der Waals surface area contributed by atoms with Gasteiger partial charge in [-0.05, 0) is 43.3 Å². The van der Waals surface area contributed by atoms with E-state index in [1.165, 1.54) is 0 Å². The van der Waals surface area contributed by atoms with Crippen LogP contribution >= 0.6 is 0 Å². The summed E-state index contributed by atoms with van der Waals surface area (Å²) in [6.07, 6.45) is 0. The smallest absolute Gasteiger partial charge is 0.258 e. The average molecular weight is 339 g/mol. The summed E-state index contributed by atoms with van der Waals surface area (Å²) in [6, 6.07) is 14.6. The van der Waals surface area contributed by atoms with Crippen molar-refractivity contribution in [2.75, 3.05) is 26.9 Å². The zero-order valence-corrected chi connectivity index (χ0v) is 14.4. The molecule has 0 heterocycles. The highest BCUT2D eigenvalue weighted by Crippen LogP contribution is 2.17. The molecule has 130 valence electrons. The van der Waals surface area contributed by atoms with Gasteiger partial charge < -0.3 is 19.5 Å². The Kier molecular flexibility index (Phi) is 7.20. The van der Waals surface area contributed by atoms with E-state index in [0.29, 0.717) is 18.1 Å². The van der Waals surface area contributed by atoms with E-state index in [1.54, 1.807) is 31.4 Å². The minimum Gasteiger partial charge on any atom is -0.495 e. The minimum absolute atomic E-state index is 0.0652. The van der Waals surface area contributed by atoms with Crippen LogP contribution in [0.2, 0.25) is 0 Å². The fourth-order valence-electron chi connectivity index (χ4n) is 2.03. The molecular weight excluding hydrogens is 318 g/mol. The number of ether oxygens (including phenoxy) is 3. The first-order valence-corrected chi connectivity index (χ1v) is 7.97. The number of carbonyl (C=O) groups is 1. The van der Waals surface area contributed by atoms with Gasteiger partial charge in [0.2, 0.25) is 0 Å². The Morgan fingerprint density at radius 1 is 1.04 bits per heavy atom. The van der Waals surface area contributed by atoms with E-state index in [9.17, 15) is 4.79 Å². The second-order valence-electron chi connectivity index (χ2n) is 4.97. The Morgan fingerprint density at radius 3 is 2.40 bits per heavy atom. The summed E-state index contributed by atoms with van der Waals surface area (Å²) in [5, 5.41) is 2.69. The molecule has 0 bridgehead atoms. The van der Waals surface area contributed by atoms with Crippen molar-refractivity contribution < 1.29 is 19.0 Å². The molecule has 0 fully saturated rings. The molecule has 1 amide bonds. The van der Waals surface area contributed by atoms with E-state index < -0.39 is 0 Å². The highest BCUT2D eigenvalue weighted by molar-refractivity contribution is 5.77. The first kappa shape index (κ1) is 18.2. The molecule has 2 rings (SSSR count). The van der Waals surface area contributed by atoms with Crippen LogP contribution in [0, 0.1) is 11.8 Å². The maximum Gasteiger partial charge on any atom is 0.258 e. The summed E-state index contributed by atoms with van der Waals surface area (Å²) in [6.45, 7) is 2.71. The van der Waals surface area contributed by atoms with Crippen LogP contribution in [0.4, 0.5) is 0 Å². The largest absolute Gasteiger partial charge is 0.495 e. The average Bonchev–Trinajstić information content (AvgIpc) is 2.65. The third kappa shape index (κ3) is 6.11. The molecule has 0 aliphatic rings. The molecule has 5 nitrogen and oxygen atoms in total. The molecule has 25 heavy (non-hydrogen) atoms. The van der Waals surface area contributed by atoms with Crippen molar-refractivity contribution in [3.8, 4) is 29.1 Å². The SMILES string of the molecule is CCOc1ccc(OCC(=O)NCC#Cc2ccccc2OC)cc1. The number of carbonyl (C=O) groups excluding carboxylic acids is 1. The van der Waals surface area contributed by atoms with Crippen molar-refractivity contribution in [3.63, 3.8) is 0 Å². The molecule has 0 aliphatic heterocycles. The van der Waals surface area contributed by atoms with Gasteiger partial charge in [-0.3, -0.25) is 4.79 Å². The Balaban J connectivity index is 1.75. The Bertz CT molecular complexity index is 744. The summed E-state index contributed by atoms with van der Waals surface area (Å²) in [4.78, 5) is 11.8. The first-order chi connectivity index (χ1) is 12.2. The van der Waals surface area contributed by atoms with Gasteiger partial charge in [-0.2, -0.15) is 0 Å². The summed E-state index contributed by atoms with van der Waals surface area (Å²) in [7, 11) is 1.60. The Morgan fingerprint density at radius 2 is 1.72 bits per heavy atom. The Hall–Kier alpha value is -3.13. The van der Waals surface area contributed by atoms with E-state index in [1.807, 2.05) is 31.2 Å². The molecular formula is C20H21NO4. The van der Waals surface area contributed by atoms with Gasteiger partial charge in [0.05, 0.1) is 25.8 Å². The molecule has 0 saturated heterocycles. The molecule has 0 unspecified atom stereocenters. The third-order valence-electron chi connectivity index (χ3n) is 3.21. The maximum absolute atomic E-state index is 11.8. The van der Waals surface area contributed by atoms with Crippen LogP contribution < -0.4 is 19.5 Å². The zero-order valence-electron chi connectivity index (χ0n) is 14.4. The lowest BCUT2D eigenvalue weighted by molar-refractivity contribution is -0.122. The number of amides is 1. The molecule has 0 spiro atoms. The van der Waals surface area contributed by atoms with Crippen LogP contribution in [0.1, 0.15) is 12.5 Å². The minimum atomic E-state index is -0.233. The van der Waals surface area contributed by atoms with E-state index in [4.69, 9.17) is 14.2 Å². The molecule has 0 radical (unpaired) electrons. The van der Waals surface area contributed by atoms with E-state index in [2.05, 4.69) is 17.2 Å². The molecule has 2 aromatic rings. The van der Waals surface area contributed by atoms with Gasteiger partial charge in [0, 0.05) is 0 Å². The lowest BCUT2D eigenvalue weighted by Gasteiger charge is -2.07. The second-order valence-corrected chi connectivity index (χ2v) is 4.97. The van der Waals surface area contributed by atoms with Crippen LogP contribution in [0.5, 0.6) is 17.2 Å². The van der Waals surface area contributed by atoms with E-state index in [-0.39, 0.29) is 19.1 Å². The van der Waals surface area contributed by atoms with Gasteiger partial charge in [0.15, 0.2) is 6.61 Å². The van der Waals surface area contributed by atoms with Gasteiger partial charge in [0.25, 0.3) is 5.91 Å². The highest BCUT2D eigenvalue weighted by Gasteiger charge is 2.02. The van der Waals surface area contributed by atoms with Gasteiger partial charge in [-0.1, -0.05) is 24.0 Å². The number of nitrogens with one attached hydrogen (secondary N) is 1. The van der Waals surface area contributed by atoms with Crippen LogP contribution in [-0.4, -0.2) is 32.8 Å². The topological polar surface area (TPSA) is 56.8 Å². The van der Waals surface area contributed by atoms with Crippen molar-refractivity contribution in [2.45, 2.75) is 6.92 Å². The summed E-state index contributed by atoms with van der Waals surface area (Å²) >= 11 is 0. The predicted octanol–water partition coefficient (Wildman–Crippen LogP) is 2.64. The highest BCUT2D eigenvalue weighted by atomic mass is 16.5. The molecule has 0 atom stereocenters. The number of hydrogen-bond acceptors (Lipinski definition) is 4. The molecule has 0 saturated carbocycles. The normalized spacial score (nSPS) is 9.52. The van der Waals surface area contributed by atoms with Crippen LogP contribution in [0.25, 0.3) is 0 Å². The Labute approximate surface area is 147 Å². The molecule has 1 N–H and O–H groups in total. The lowest BCUT2D eigenvalue weighted by atomic mass is 10.2. The lowest BCUT2D eigenvalue weighted by Crippen LogP contribution is -2.29. The van der Waals surface area contributed by atoms with Crippen molar-refractivity contribution in [3.05, 3.63) is 54.1 Å². The number of hydrogen-bond donors (Lipinski definition) is 1. The van der Waals surface area contributed by atoms with Crippen LogP contribution in [0.15, 0.2) is 48.5 Å². The monoisotopic (exact) mass is 339 g/mol. The van der Waals surface area contributed by atoms with E-state index >= 15 is 0 Å². The summed E-state index contributed by atoms with van der Waals surface area (Å²) in [5.74, 6) is 7.71. The van der Waals surface area contributed by atoms with Gasteiger partial charge in [-0.25, -0.2) is 0 Å². The number of rotatable bonds is 7. The number of benzene rings is 2. The predicted molar refractivity (Wildman–Crippen MR) is 96.0 cm³/mol. The van der Waals surface area contributed by atoms with Crippen molar-refractivity contribution in [1.29, 1.82) is 0 Å². The zero-order chi connectivity index (χ0) is 17.9. The molecule has 2 aromatic carbocycles. The third-order valence-corrected chi connectivity index (χ3v) is 3.21. The maximum atomic E-state index is 11.8. The molecule has 5 heteroatoms. The van der Waals surface area contributed by atoms with Crippen molar-refractivity contribution in [1.82, 2.24) is 5.32 Å². The molecule has 0 aromatic heterocycles. The van der Waals surface area contributed by atoms with Gasteiger partial charge >= 0.3 is 0 Å². The van der Waals surface area contributed by atoms with Crippen molar-refractivity contribution >= 4 is 5.91 Å². The van der Waals surface area contributed by atoms with Gasteiger partial charge in [-0.15, -0.1) is 0 Å². The quantitative estimate of drug-likeness (QED) is 0.788. The van der Waals surface area contributed by atoms with Crippen molar-refractivity contribution in [2.24, 2.45) is 0 Å². The number of methoxy groups -OCH3 is 1.